The van der Waals surface area contributed by atoms with Crippen LogP contribution in [-0.2, 0) is 16.6 Å². The van der Waals surface area contributed by atoms with Crippen LogP contribution in [0.5, 0.6) is 0 Å². The van der Waals surface area contributed by atoms with Crippen molar-refractivity contribution in [3.05, 3.63) is 58.9 Å². The number of fused-ring (bicyclic) bond motifs is 1. The summed E-state index contributed by atoms with van der Waals surface area (Å²) < 4.78 is 30.0. The number of nitrogens with zero attached hydrogens (tertiary/aromatic N) is 2. The Balaban J connectivity index is 1.98. The molecule has 1 aromatic heterocycles. The number of hydrogen-bond acceptors (Lipinski definition) is 3. The molecule has 0 aliphatic rings. The highest BCUT2D eigenvalue weighted by Gasteiger charge is 2.23. The van der Waals surface area contributed by atoms with Gasteiger partial charge in [-0.25, -0.2) is 18.1 Å². The van der Waals surface area contributed by atoms with Gasteiger partial charge in [0.2, 0.25) is 10.0 Å². The molecule has 0 saturated carbocycles. The summed E-state index contributed by atoms with van der Waals surface area (Å²) in [6.45, 7) is 6.57. The number of rotatable bonds is 5. The van der Waals surface area contributed by atoms with Crippen LogP contribution in [0.25, 0.3) is 11.0 Å². The summed E-state index contributed by atoms with van der Waals surface area (Å²) in [4.78, 5) is 4.83. The van der Waals surface area contributed by atoms with Gasteiger partial charge in [0.15, 0.2) is 0 Å². The lowest BCUT2D eigenvalue weighted by Gasteiger charge is -2.16. The van der Waals surface area contributed by atoms with Gasteiger partial charge in [0.1, 0.15) is 5.82 Å². The molecule has 0 radical (unpaired) electrons. The summed E-state index contributed by atoms with van der Waals surface area (Å²) in [6.07, 6.45) is 0. The van der Waals surface area contributed by atoms with Crippen LogP contribution in [0.15, 0.2) is 47.4 Å². The maximum absolute atomic E-state index is 12.6. The zero-order valence-electron chi connectivity index (χ0n) is 14.3. The monoisotopic (exact) mass is 377 g/mol. The van der Waals surface area contributed by atoms with E-state index < -0.39 is 16.1 Å². The first-order valence-corrected chi connectivity index (χ1v) is 9.93. The molecular weight excluding hydrogens is 358 g/mol. The SMILES string of the molecule is CCn1c(C(C)NS(=O)(=O)c2ccc(Cl)cc2)nc2cccc(C)c21. The molecule has 0 spiro atoms. The van der Waals surface area contributed by atoms with Gasteiger partial charge in [-0.3, -0.25) is 0 Å². The summed E-state index contributed by atoms with van der Waals surface area (Å²) in [5.74, 6) is 0.698. The van der Waals surface area contributed by atoms with E-state index in [0.29, 0.717) is 17.4 Å². The largest absolute Gasteiger partial charge is 0.327 e. The van der Waals surface area contributed by atoms with Crippen molar-refractivity contribution in [3.63, 3.8) is 0 Å². The van der Waals surface area contributed by atoms with Gasteiger partial charge in [-0.2, -0.15) is 0 Å². The normalized spacial score (nSPS) is 13.3. The maximum atomic E-state index is 12.6. The van der Waals surface area contributed by atoms with E-state index in [-0.39, 0.29) is 4.90 Å². The molecule has 7 heteroatoms. The Labute approximate surface area is 152 Å². The van der Waals surface area contributed by atoms with Crippen LogP contribution in [-0.4, -0.2) is 18.0 Å². The minimum atomic E-state index is -3.66. The van der Waals surface area contributed by atoms with Crippen LogP contribution in [0.1, 0.15) is 31.3 Å². The van der Waals surface area contributed by atoms with Crippen molar-refractivity contribution in [2.75, 3.05) is 0 Å². The second-order valence-electron chi connectivity index (χ2n) is 5.95. The highest BCUT2D eigenvalue weighted by atomic mass is 35.5. The van der Waals surface area contributed by atoms with Crippen molar-refractivity contribution in [2.45, 2.75) is 38.3 Å². The summed E-state index contributed by atoms with van der Waals surface area (Å²) in [7, 11) is -3.66. The lowest BCUT2D eigenvalue weighted by atomic mass is 10.2. The molecule has 0 aliphatic heterocycles. The molecule has 0 fully saturated rings. The third-order valence-corrected chi connectivity index (χ3v) is 5.97. The summed E-state index contributed by atoms with van der Waals surface area (Å²) in [5, 5.41) is 0.496. The number of halogens is 1. The van der Waals surface area contributed by atoms with Crippen molar-refractivity contribution in [1.82, 2.24) is 14.3 Å². The van der Waals surface area contributed by atoms with Crippen molar-refractivity contribution < 1.29 is 8.42 Å². The molecule has 25 heavy (non-hydrogen) atoms. The Kier molecular flexibility index (Phi) is 4.86. The number of nitrogens with one attached hydrogen (secondary N) is 1. The number of benzene rings is 2. The smallest absolute Gasteiger partial charge is 0.241 e. The van der Waals surface area contributed by atoms with Gasteiger partial charge >= 0.3 is 0 Å². The maximum Gasteiger partial charge on any atom is 0.241 e. The second kappa shape index (κ2) is 6.78. The van der Waals surface area contributed by atoms with Gasteiger partial charge in [-0.15, -0.1) is 0 Å². The molecule has 3 rings (SSSR count). The van der Waals surface area contributed by atoms with Crippen LogP contribution in [0.2, 0.25) is 5.02 Å². The van der Waals surface area contributed by atoms with Crippen molar-refractivity contribution >= 4 is 32.7 Å². The van der Waals surface area contributed by atoms with E-state index >= 15 is 0 Å². The predicted molar refractivity (Wildman–Crippen MR) is 100 cm³/mol. The van der Waals surface area contributed by atoms with Gasteiger partial charge in [0.05, 0.1) is 22.0 Å². The quantitative estimate of drug-likeness (QED) is 0.729. The van der Waals surface area contributed by atoms with Crippen molar-refractivity contribution in [3.8, 4) is 0 Å². The van der Waals surface area contributed by atoms with Crippen molar-refractivity contribution in [1.29, 1.82) is 0 Å². The molecule has 0 saturated heterocycles. The molecule has 0 aliphatic carbocycles. The number of para-hydroxylation sites is 1. The fourth-order valence-corrected chi connectivity index (χ4v) is 4.33. The number of aryl methyl sites for hydroxylation is 2. The molecule has 0 bridgehead atoms. The van der Waals surface area contributed by atoms with E-state index in [1.165, 1.54) is 12.1 Å². The van der Waals surface area contributed by atoms with E-state index in [1.54, 1.807) is 19.1 Å². The molecule has 1 atom stereocenters. The van der Waals surface area contributed by atoms with Crippen LogP contribution < -0.4 is 4.72 Å². The first-order chi connectivity index (χ1) is 11.8. The second-order valence-corrected chi connectivity index (χ2v) is 8.10. The Morgan fingerprint density at radius 2 is 1.88 bits per heavy atom. The topological polar surface area (TPSA) is 64.0 Å². The third-order valence-electron chi connectivity index (χ3n) is 4.16. The van der Waals surface area contributed by atoms with E-state index in [9.17, 15) is 8.42 Å². The average Bonchev–Trinajstić information content (AvgIpc) is 2.95. The zero-order chi connectivity index (χ0) is 18.2. The first-order valence-electron chi connectivity index (χ1n) is 8.07. The van der Waals surface area contributed by atoms with Crippen LogP contribution in [0.4, 0.5) is 0 Å². The Morgan fingerprint density at radius 1 is 1.20 bits per heavy atom. The van der Waals surface area contributed by atoms with Crippen LogP contribution in [0, 0.1) is 6.92 Å². The molecule has 1 N–H and O–H groups in total. The lowest BCUT2D eigenvalue weighted by Crippen LogP contribution is -2.28. The highest BCUT2D eigenvalue weighted by Crippen LogP contribution is 2.25. The third kappa shape index (κ3) is 3.42. The number of imidazole rings is 1. The molecule has 0 amide bonds. The minimum absolute atomic E-state index is 0.180. The van der Waals surface area contributed by atoms with E-state index in [0.717, 1.165) is 16.6 Å². The number of aromatic nitrogens is 2. The van der Waals surface area contributed by atoms with Gasteiger partial charge < -0.3 is 4.57 Å². The van der Waals surface area contributed by atoms with Gasteiger partial charge in [-0.05, 0) is 56.7 Å². The lowest BCUT2D eigenvalue weighted by molar-refractivity contribution is 0.549. The Bertz CT molecular complexity index is 1010. The fourth-order valence-electron chi connectivity index (χ4n) is 3.00. The number of hydrogen-bond donors (Lipinski definition) is 1. The summed E-state index contributed by atoms with van der Waals surface area (Å²) >= 11 is 5.83. The summed E-state index contributed by atoms with van der Waals surface area (Å²) in [6, 6.07) is 11.6. The number of sulfonamides is 1. The standard InChI is InChI=1S/C18H20ClN3O2S/c1-4-22-17-12(2)6-5-7-16(17)20-18(22)13(3)21-25(23,24)15-10-8-14(19)9-11-15/h5-11,13,21H,4H2,1-3H3. The molecule has 2 aromatic carbocycles. The van der Waals surface area contributed by atoms with E-state index in [4.69, 9.17) is 11.6 Å². The minimum Gasteiger partial charge on any atom is -0.327 e. The first kappa shape index (κ1) is 17.9. The van der Waals surface area contributed by atoms with Crippen LogP contribution in [0.3, 0.4) is 0 Å². The molecule has 3 aromatic rings. The van der Waals surface area contributed by atoms with E-state index in [2.05, 4.69) is 14.3 Å². The Morgan fingerprint density at radius 3 is 2.52 bits per heavy atom. The van der Waals surface area contributed by atoms with Gasteiger partial charge in [-0.1, -0.05) is 23.7 Å². The molecular formula is C18H20ClN3O2S. The summed E-state index contributed by atoms with van der Waals surface area (Å²) in [5.41, 5.74) is 3.03. The average molecular weight is 378 g/mol. The zero-order valence-corrected chi connectivity index (χ0v) is 15.9. The Hall–Kier alpha value is -1.89. The molecule has 5 nitrogen and oxygen atoms in total. The van der Waals surface area contributed by atoms with Gasteiger partial charge in [0, 0.05) is 11.6 Å². The van der Waals surface area contributed by atoms with Crippen molar-refractivity contribution in [2.24, 2.45) is 0 Å². The predicted octanol–water partition coefficient (Wildman–Crippen LogP) is 4.06. The van der Waals surface area contributed by atoms with Gasteiger partial charge in [0.25, 0.3) is 0 Å². The molecule has 132 valence electrons. The molecule has 1 heterocycles. The van der Waals surface area contributed by atoms with Crippen LogP contribution >= 0.6 is 11.6 Å². The molecule has 1 unspecified atom stereocenters. The highest BCUT2D eigenvalue weighted by molar-refractivity contribution is 7.89. The fraction of sp³-hybridized carbons (Fsp3) is 0.278. The van der Waals surface area contributed by atoms with E-state index in [1.807, 2.05) is 32.0 Å².